The molecular weight excluding hydrogens is 236 g/mol. The second kappa shape index (κ2) is 5.14. The van der Waals surface area contributed by atoms with Gasteiger partial charge in [0.25, 0.3) is 0 Å². The van der Waals surface area contributed by atoms with Crippen molar-refractivity contribution in [2.75, 3.05) is 6.54 Å². The minimum absolute atomic E-state index is 0.246. The van der Waals surface area contributed by atoms with E-state index < -0.39 is 17.1 Å². The number of hydrogen-bond donors (Lipinski definition) is 5. The van der Waals surface area contributed by atoms with E-state index in [2.05, 4.69) is 5.32 Å². The van der Waals surface area contributed by atoms with Crippen LogP contribution in [0.2, 0.25) is 0 Å². The van der Waals surface area contributed by atoms with Crippen LogP contribution >= 0.6 is 0 Å². The van der Waals surface area contributed by atoms with Crippen LogP contribution in [-0.2, 0) is 11.3 Å². The molecule has 6 nitrogen and oxygen atoms in total. The Morgan fingerprint density at radius 3 is 2.44 bits per heavy atom. The van der Waals surface area contributed by atoms with Crippen molar-refractivity contribution in [3.63, 3.8) is 0 Å². The number of nitrogens with one attached hydrogen (secondary N) is 1. The highest BCUT2D eigenvalue weighted by atomic mass is 16.3. The summed E-state index contributed by atoms with van der Waals surface area (Å²) in [6.07, 6.45) is 0. The van der Waals surface area contributed by atoms with E-state index in [0.717, 1.165) is 0 Å². The van der Waals surface area contributed by atoms with Crippen molar-refractivity contribution in [1.29, 1.82) is 0 Å². The Kier molecular flexibility index (Phi) is 4.03. The quantitative estimate of drug-likeness (QED) is 0.488. The average Bonchev–Trinajstić information content (AvgIpc) is 2.29. The predicted molar refractivity (Wildman–Crippen MR) is 66.1 cm³/mol. The van der Waals surface area contributed by atoms with Crippen molar-refractivity contribution < 1.29 is 20.1 Å². The molecule has 1 rings (SSSR count). The summed E-state index contributed by atoms with van der Waals surface area (Å²) in [5, 5.41) is 31.0. The number of hydrogen-bond acceptors (Lipinski definition) is 5. The van der Waals surface area contributed by atoms with Crippen LogP contribution in [0.3, 0.4) is 0 Å². The molecule has 0 aliphatic heterocycles. The van der Waals surface area contributed by atoms with Gasteiger partial charge >= 0.3 is 0 Å². The van der Waals surface area contributed by atoms with Crippen LogP contribution in [0, 0.1) is 5.41 Å². The molecule has 0 aliphatic rings. The average molecular weight is 254 g/mol. The first kappa shape index (κ1) is 14.1. The van der Waals surface area contributed by atoms with E-state index in [1.54, 1.807) is 13.8 Å². The summed E-state index contributed by atoms with van der Waals surface area (Å²) in [4.78, 5) is 11.1. The summed E-state index contributed by atoms with van der Waals surface area (Å²) in [7, 11) is 0. The molecular formula is C12H18N2O4. The Morgan fingerprint density at radius 2 is 1.89 bits per heavy atom. The standard InChI is InChI=1S/C12H18N2O4/c1-12(2,11(13)18)6-14-5-7-3-4-8(15)10(17)9(7)16/h3-4,14-17H,5-6H2,1-2H3,(H2,13,18). The maximum Gasteiger partial charge on any atom is 0.224 e. The van der Waals surface area contributed by atoms with Crippen LogP contribution in [0.1, 0.15) is 19.4 Å². The number of primary amides is 1. The van der Waals surface area contributed by atoms with Crippen LogP contribution < -0.4 is 11.1 Å². The third kappa shape index (κ3) is 3.04. The maximum atomic E-state index is 11.1. The van der Waals surface area contributed by atoms with Crippen LogP contribution in [0.4, 0.5) is 0 Å². The van der Waals surface area contributed by atoms with Gasteiger partial charge < -0.3 is 26.4 Å². The van der Waals surface area contributed by atoms with Gasteiger partial charge in [0.2, 0.25) is 11.7 Å². The molecule has 0 atom stereocenters. The zero-order valence-electron chi connectivity index (χ0n) is 10.4. The molecule has 0 unspecified atom stereocenters. The number of rotatable bonds is 5. The van der Waals surface area contributed by atoms with E-state index in [1.165, 1.54) is 12.1 Å². The van der Waals surface area contributed by atoms with Gasteiger partial charge in [-0.15, -0.1) is 0 Å². The van der Waals surface area contributed by atoms with Crippen molar-refractivity contribution in [3.8, 4) is 17.2 Å². The molecule has 0 saturated carbocycles. The van der Waals surface area contributed by atoms with E-state index in [9.17, 15) is 15.0 Å². The van der Waals surface area contributed by atoms with Gasteiger partial charge in [0, 0.05) is 18.7 Å². The number of carbonyl (C=O) groups excluding carboxylic acids is 1. The second-order valence-electron chi connectivity index (χ2n) is 4.79. The monoisotopic (exact) mass is 254 g/mol. The molecule has 0 aromatic heterocycles. The Hall–Kier alpha value is -1.95. The normalized spacial score (nSPS) is 11.4. The zero-order chi connectivity index (χ0) is 13.9. The lowest BCUT2D eigenvalue weighted by molar-refractivity contribution is -0.125. The third-order valence-corrected chi connectivity index (χ3v) is 2.76. The molecule has 6 N–H and O–H groups in total. The topological polar surface area (TPSA) is 116 Å². The van der Waals surface area contributed by atoms with Gasteiger partial charge in [0.1, 0.15) is 0 Å². The van der Waals surface area contributed by atoms with Gasteiger partial charge in [-0.1, -0.05) is 6.07 Å². The molecule has 0 saturated heterocycles. The van der Waals surface area contributed by atoms with Crippen LogP contribution in [-0.4, -0.2) is 27.8 Å². The lowest BCUT2D eigenvalue weighted by Gasteiger charge is -2.21. The van der Waals surface area contributed by atoms with E-state index in [1.807, 2.05) is 0 Å². The molecule has 100 valence electrons. The highest BCUT2D eigenvalue weighted by Crippen LogP contribution is 2.36. The Labute approximate surface area is 105 Å². The van der Waals surface area contributed by atoms with Crippen LogP contribution in [0.15, 0.2) is 12.1 Å². The van der Waals surface area contributed by atoms with Crippen molar-refractivity contribution in [1.82, 2.24) is 5.32 Å². The SMILES string of the molecule is CC(C)(CNCc1ccc(O)c(O)c1O)C(N)=O. The first-order valence-corrected chi connectivity index (χ1v) is 5.49. The number of benzene rings is 1. The van der Waals surface area contributed by atoms with Crippen molar-refractivity contribution in [3.05, 3.63) is 17.7 Å². The fraction of sp³-hybridized carbons (Fsp3) is 0.417. The number of aromatic hydroxyl groups is 3. The highest BCUT2D eigenvalue weighted by Gasteiger charge is 2.24. The molecule has 18 heavy (non-hydrogen) atoms. The molecule has 0 aliphatic carbocycles. The number of nitrogens with two attached hydrogens (primary N) is 1. The first-order chi connectivity index (χ1) is 8.25. The van der Waals surface area contributed by atoms with E-state index >= 15 is 0 Å². The Morgan fingerprint density at radius 1 is 1.28 bits per heavy atom. The van der Waals surface area contributed by atoms with Crippen molar-refractivity contribution in [2.45, 2.75) is 20.4 Å². The summed E-state index contributed by atoms with van der Waals surface area (Å²) < 4.78 is 0. The summed E-state index contributed by atoms with van der Waals surface area (Å²) in [6.45, 7) is 3.99. The van der Waals surface area contributed by atoms with E-state index in [-0.39, 0.29) is 18.0 Å². The number of amides is 1. The van der Waals surface area contributed by atoms with Gasteiger partial charge in [-0.05, 0) is 19.9 Å². The molecule has 6 heteroatoms. The minimum atomic E-state index is -0.700. The second-order valence-corrected chi connectivity index (χ2v) is 4.79. The molecule has 0 spiro atoms. The third-order valence-electron chi connectivity index (χ3n) is 2.76. The van der Waals surface area contributed by atoms with Gasteiger partial charge in [-0.25, -0.2) is 0 Å². The van der Waals surface area contributed by atoms with Gasteiger partial charge in [0.15, 0.2) is 11.5 Å². The van der Waals surface area contributed by atoms with E-state index in [4.69, 9.17) is 10.8 Å². The van der Waals surface area contributed by atoms with Crippen molar-refractivity contribution in [2.24, 2.45) is 11.1 Å². The number of phenols is 3. The Bertz CT molecular complexity index is 458. The van der Waals surface area contributed by atoms with Gasteiger partial charge in [-0.3, -0.25) is 4.79 Å². The molecule has 1 aromatic rings. The first-order valence-electron chi connectivity index (χ1n) is 5.49. The van der Waals surface area contributed by atoms with Gasteiger partial charge in [-0.2, -0.15) is 0 Å². The molecule has 0 fully saturated rings. The zero-order valence-corrected chi connectivity index (χ0v) is 10.4. The lowest BCUT2D eigenvalue weighted by atomic mass is 9.93. The molecule has 0 heterocycles. The molecule has 0 bridgehead atoms. The predicted octanol–water partition coefficient (Wildman–Crippen LogP) is 0.404. The van der Waals surface area contributed by atoms with Gasteiger partial charge in [0.05, 0.1) is 5.41 Å². The highest BCUT2D eigenvalue weighted by molar-refractivity contribution is 5.80. The summed E-state index contributed by atoms with van der Waals surface area (Å²) in [5.41, 5.74) is 4.94. The maximum absolute atomic E-state index is 11.1. The summed E-state index contributed by atoms with van der Waals surface area (Å²) in [5.74, 6) is -1.73. The number of phenolic OH excluding ortho intramolecular Hbond substituents is 3. The molecule has 1 amide bonds. The smallest absolute Gasteiger partial charge is 0.224 e. The Balaban J connectivity index is 2.66. The van der Waals surface area contributed by atoms with E-state index in [0.29, 0.717) is 12.1 Å². The lowest BCUT2D eigenvalue weighted by Crippen LogP contribution is -2.40. The fourth-order valence-electron chi connectivity index (χ4n) is 1.35. The van der Waals surface area contributed by atoms with Crippen molar-refractivity contribution >= 4 is 5.91 Å². The molecule has 0 radical (unpaired) electrons. The largest absolute Gasteiger partial charge is 0.504 e. The number of carbonyl (C=O) groups is 1. The fourth-order valence-corrected chi connectivity index (χ4v) is 1.35. The van der Waals surface area contributed by atoms with Crippen LogP contribution in [0.5, 0.6) is 17.2 Å². The summed E-state index contributed by atoms with van der Waals surface area (Å²) >= 11 is 0. The molecule has 1 aromatic carbocycles. The summed E-state index contributed by atoms with van der Waals surface area (Å²) in [6, 6.07) is 2.76. The minimum Gasteiger partial charge on any atom is -0.504 e. The van der Waals surface area contributed by atoms with Crippen LogP contribution in [0.25, 0.3) is 0 Å².